The largest absolute Gasteiger partial charge is 0.396 e. The molecule has 0 heterocycles. The van der Waals surface area contributed by atoms with Crippen LogP contribution in [0, 0.1) is 11.3 Å². The summed E-state index contributed by atoms with van der Waals surface area (Å²) in [4.78, 5) is 11.8. The molecule has 0 aromatic carbocycles. The van der Waals surface area contributed by atoms with Gasteiger partial charge in [0.25, 0.3) is 0 Å². The molecule has 2 rings (SSSR count). The fourth-order valence-electron chi connectivity index (χ4n) is 2.87. The van der Waals surface area contributed by atoms with Crippen molar-refractivity contribution in [2.75, 3.05) is 6.61 Å². The van der Waals surface area contributed by atoms with Crippen LogP contribution in [0.3, 0.4) is 0 Å². The molecule has 2 heteroatoms. The molecule has 2 saturated carbocycles. The minimum absolute atomic E-state index is 0.105. The van der Waals surface area contributed by atoms with Gasteiger partial charge in [-0.15, -0.1) is 0 Å². The zero-order chi connectivity index (χ0) is 9.31. The normalized spacial score (nSPS) is 36.8. The van der Waals surface area contributed by atoms with E-state index in [4.69, 9.17) is 5.11 Å². The summed E-state index contributed by atoms with van der Waals surface area (Å²) in [6.07, 6.45) is 7.37. The topological polar surface area (TPSA) is 37.3 Å². The molecule has 0 bridgehead atoms. The van der Waals surface area contributed by atoms with E-state index < -0.39 is 0 Å². The van der Waals surface area contributed by atoms with Crippen LogP contribution >= 0.6 is 0 Å². The van der Waals surface area contributed by atoms with Crippen molar-refractivity contribution in [3.05, 3.63) is 0 Å². The molecular weight excluding hydrogens is 164 g/mol. The minimum Gasteiger partial charge on any atom is -0.396 e. The third kappa shape index (κ3) is 1.52. The van der Waals surface area contributed by atoms with Crippen LogP contribution in [0.15, 0.2) is 0 Å². The molecule has 2 atom stereocenters. The van der Waals surface area contributed by atoms with E-state index in [1.54, 1.807) is 0 Å². The molecule has 2 aliphatic carbocycles. The summed E-state index contributed by atoms with van der Waals surface area (Å²) in [7, 11) is 0. The Labute approximate surface area is 79.3 Å². The first-order valence-electron chi connectivity index (χ1n) is 5.44. The predicted molar refractivity (Wildman–Crippen MR) is 50.3 cm³/mol. The Morgan fingerprint density at radius 1 is 1.46 bits per heavy atom. The van der Waals surface area contributed by atoms with Crippen LogP contribution in [0.1, 0.15) is 44.9 Å². The van der Waals surface area contributed by atoms with Crippen LogP contribution < -0.4 is 0 Å². The van der Waals surface area contributed by atoms with Gasteiger partial charge in [0.2, 0.25) is 0 Å². The highest BCUT2D eigenvalue weighted by Crippen LogP contribution is 2.62. The van der Waals surface area contributed by atoms with Crippen molar-refractivity contribution in [2.24, 2.45) is 11.3 Å². The number of fused-ring (bicyclic) bond motifs is 1. The summed E-state index contributed by atoms with van der Waals surface area (Å²) in [6, 6.07) is 0. The van der Waals surface area contributed by atoms with Gasteiger partial charge in [0.1, 0.15) is 5.78 Å². The smallest absolute Gasteiger partial charge is 0.139 e. The van der Waals surface area contributed by atoms with Gasteiger partial charge >= 0.3 is 0 Å². The molecule has 1 N–H and O–H groups in total. The van der Waals surface area contributed by atoms with E-state index in [1.165, 1.54) is 19.3 Å². The van der Waals surface area contributed by atoms with E-state index in [9.17, 15) is 4.79 Å². The van der Waals surface area contributed by atoms with Crippen molar-refractivity contribution in [2.45, 2.75) is 44.9 Å². The van der Waals surface area contributed by atoms with Crippen LogP contribution in [-0.4, -0.2) is 17.5 Å². The monoisotopic (exact) mass is 182 g/mol. The van der Waals surface area contributed by atoms with Gasteiger partial charge < -0.3 is 5.11 Å². The maximum Gasteiger partial charge on any atom is 0.139 e. The van der Waals surface area contributed by atoms with E-state index in [0.717, 1.165) is 12.8 Å². The highest BCUT2D eigenvalue weighted by atomic mass is 16.3. The maximum atomic E-state index is 11.8. The average Bonchev–Trinajstić information content (AvgIpc) is 2.89. The number of ketones is 1. The molecule has 2 fully saturated rings. The van der Waals surface area contributed by atoms with E-state index in [1.807, 2.05) is 0 Å². The van der Waals surface area contributed by atoms with Gasteiger partial charge in [-0.3, -0.25) is 4.79 Å². The van der Waals surface area contributed by atoms with Gasteiger partial charge in [-0.2, -0.15) is 0 Å². The predicted octanol–water partition coefficient (Wildman–Crippen LogP) is 1.91. The summed E-state index contributed by atoms with van der Waals surface area (Å²) in [5.74, 6) is 1.15. The zero-order valence-electron chi connectivity index (χ0n) is 8.09. The fourth-order valence-corrected chi connectivity index (χ4v) is 2.87. The number of hydrogen-bond acceptors (Lipinski definition) is 2. The highest BCUT2D eigenvalue weighted by Gasteiger charge is 2.58. The van der Waals surface area contributed by atoms with E-state index in [0.29, 0.717) is 24.5 Å². The lowest BCUT2D eigenvalue weighted by molar-refractivity contribution is -0.125. The van der Waals surface area contributed by atoms with Gasteiger partial charge in [-0.1, -0.05) is 12.8 Å². The van der Waals surface area contributed by atoms with E-state index >= 15 is 0 Å². The summed E-state index contributed by atoms with van der Waals surface area (Å²) in [6.45, 7) is 0.159. The number of hydrogen-bond donors (Lipinski definition) is 1. The standard InChI is InChI=1S/C11H18O2/c12-7-3-5-10(13)11-6-2-1-4-9(11)8-11/h9,12H,1-8H2. The Hall–Kier alpha value is -0.370. The van der Waals surface area contributed by atoms with E-state index in [-0.39, 0.29) is 12.0 Å². The second-order valence-corrected chi connectivity index (χ2v) is 4.55. The molecule has 0 aromatic heterocycles. The fraction of sp³-hybridized carbons (Fsp3) is 0.909. The molecule has 0 spiro atoms. The third-order valence-electron chi connectivity index (χ3n) is 3.77. The summed E-state index contributed by atoms with van der Waals surface area (Å²) in [5.41, 5.74) is 0.105. The van der Waals surface area contributed by atoms with Crippen molar-refractivity contribution in [1.29, 1.82) is 0 Å². The van der Waals surface area contributed by atoms with Crippen molar-refractivity contribution >= 4 is 5.78 Å². The van der Waals surface area contributed by atoms with Crippen molar-refractivity contribution in [1.82, 2.24) is 0 Å². The van der Waals surface area contributed by atoms with Gasteiger partial charge in [0.05, 0.1) is 0 Å². The van der Waals surface area contributed by atoms with Crippen LogP contribution in [0.2, 0.25) is 0 Å². The molecule has 0 amide bonds. The first kappa shape index (κ1) is 9.20. The van der Waals surface area contributed by atoms with Gasteiger partial charge in [0, 0.05) is 18.4 Å². The number of carbonyl (C=O) groups excluding carboxylic acids is 1. The quantitative estimate of drug-likeness (QED) is 0.721. The minimum atomic E-state index is 0.105. The number of carbonyl (C=O) groups is 1. The molecule has 0 aliphatic heterocycles. The van der Waals surface area contributed by atoms with E-state index in [2.05, 4.69) is 0 Å². The lowest BCUT2D eigenvalue weighted by Gasteiger charge is -2.20. The molecule has 0 saturated heterocycles. The average molecular weight is 182 g/mol. The highest BCUT2D eigenvalue weighted by molar-refractivity contribution is 5.88. The number of rotatable bonds is 4. The Morgan fingerprint density at radius 3 is 3.00 bits per heavy atom. The number of Topliss-reactive ketones (excluding diaryl/α,β-unsaturated/α-hetero) is 1. The number of aliphatic hydroxyl groups excluding tert-OH is 1. The Balaban J connectivity index is 1.89. The Bertz CT molecular complexity index is 212. The first-order valence-corrected chi connectivity index (χ1v) is 5.44. The molecule has 13 heavy (non-hydrogen) atoms. The SMILES string of the molecule is O=C(CCCO)C12CCCCC1C2. The molecule has 2 nitrogen and oxygen atoms in total. The number of aliphatic hydroxyl groups is 1. The van der Waals surface area contributed by atoms with Crippen molar-refractivity contribution in [3.63, 3.8) is 0 Å². The van der Waals surface area contributed by atoms with Gasteiger partial charge in [-0.05, 0) is 31.6 Å². The molecule has 0 aromatic rings. The summed E-state index contributed by atoms with van der Waals surface area (Å²) in [5, 5.41) is 8.66. The summed E-state index contributed by atoms with van der Waals surface area (Å²) < 4.78 is 0. The van der Waals surface area contributed by atoms with Crippen LogP contribution in [0.4, 0.5) is 0 Å². The molecule has 0 radical (unpaired) electrons. The van der Waals surface area contributed by atoms with Crippen molar-refractivity contribution in [3.8, 4) is 0 Å². The molecule has 2 aliphatic rings. The summed E-state index contributed by atoms with van der Waals surface area (Å²) >= 11 is 0. The Morgan fingerprint density at radius 2 is 2.31 bits per heavy atom. The molecule has 2 unspecified atom stereocenters. The van der Waals surface area contributed by atoms with Crippen LogP contribution in [0.25, 0.3) is 0 Å². The first-order chi connectivity index (χ1) is 6.29. The van der Waals surface area contributed by atoms with Crippen molar-refractivity contribution < 1.29 is 9.90 Å². The third-order valence-corrected chi connectivity index (χ3v) is 3.77. The Kier molecular flexibility index (Phi) is 2.41. The van der Waals surface area contributed by atoms with Crippen LogP contribution in [0.5, 0.6) is 0 Å². The second kappa shape index (κ2) is 3.41. The molecular formula is C11H18O2. The molecule has 74 valence electrons. The second-order valence-electron chi connectivity index (χ2n) is 4.55. The lowest BCUT2D eigenvalue weighted by atomic mass is 9.83. The lowest BCUT2D eigenvalue weighted by Crippen LogP contribution is -2.21. The zero-order valence-corrected chi connectivity index (χ0v) is 8.09. The maximum absolute atomic E-state index is 11.8. The van der Waals surface area contributed by atoms with Gasteiger partial charge in [-0.25, -0.2) is 0 Å². The van der Waals surface area contributed by atoms with Gasteiger partial charge in [0.15, 0.2) is 0 Å². The van der Waals surface area contributed by atoms with Crippen LogP contribution in [-0.2, 0) is 4.79 Å².